The molecule has 0 fully saturated rings. The predicted octanol–water partition coefficient (Wildman–Crippen LogP) is 2.67. The average Bonchev–Trinajstić information content (AvgIpc) is 2.57. The van der Waals surface area contributed by atoms with Crippen molar-refractivity contribution >= 4 is 11.3 Å². The van der Waals surface area contributed by atoms with Gasteiger partial charge in [-0.05, 0) is 12.3 Å². The highest BCUT2D eigenvalue weighted by molar-refractivity contribution is 7.07. The molecule has 0 aliphatic rings. The monoisotopic (exact) mass is 198 g/mol. The molecule has 1 heterocycles. The second-order valence-electron chi connectivity index (χ2n) is 3.62. The van der Waals surface area contributed by atoms with Gasteiger partial charge in [0, 0.05) is 18.0 Å². The minimum atomic E-state index is 0.613. The summed E-state index contributed by atoms with van der Waals surface area (Å²) in [5.41, 5.74) is 3.04. The topological polar surface area (TPSA) is 24.9 Å². The molecule has 3 heteroatoms. The van der Waals surface area contributed by atoms with E-state index in [1.54, 1.807) is 11.3 Å². The zero-order valence-electron chi connectivity index (χ0n) is 8.58. The van der Waals surface area contributed by atoms with E-state index in [1.165, 1.54) is 6.42 Å². The van der Waals surface area contributed by atoms with Gasteiger partial charge in [-0.15, -0.1) is 11.3 Å². The number of nitrogens with zero attached hydrogens (tertiary/aromatic N) is 1. The van der Waals surface area contributed by atoms with E-state index in [-0.39, 0.29) is 0 Å². The Morgan fingerprint density at radius 2 is 2.31 bits per heavy atom. The van der Waals surface area contributed by atoms with Crippen LogP contribution in [0.3, 0.4) is 0 Å². The molecule has 0 bridgehead atoms. The zero-order chi connectivity index (χ0) is 9.68. The van der Waals surface area contributed by atoms with Crippen LogP contribution in [0, 0.1) is 5.92 Å². The molecule has 1 rings (SSSR count). The number of rotatable bonds is 5. The Morgan fingerprint density at radius 3 is 2.77 bits per heavy atom. The molecule has 0 radical (unpaired) electrons. The van der Waals surface area contributed by atoms with Crippen molar-refractivity contribution < 1.29 is 0 Å². The molecular weight excluding hydrogens is 180 g/mol. The molecule has 0 amide bonds. The molecule has 0 spiro atoms. The van der Waals surface area contributed by atoms with Crippen LogP contribution >= 0.6 is 11.3 Å². The maximum absolute atomic E-state index is 4.24. The Hall–Kier alpha value is -0.410. The van der Waals surface area contributed by atoms with Gasteiger partial charge in [-0.25, -0.2) is 4.98 Å². The molecule has 2 nitrogen and oxygen atoms in total. The molecule has 1 aromatic rings. The molecule has 0 saturated carbocycles. The van der Waals surface area contributed by atoms with E-state index in [9.17, 15) is 0 Å². The summed E-state index contributed by atoms with van der Waals surface area (Å²) in [6, 6.07) is 0.613. The first-order valence-electron chi connectivity index (χ1n) is 4.84. The van der Waals surface area contributed by atoms with Crippen LogP contribution in [0.2, 0.25) is 0 Å². The molecule has 0 aliphatic carbocycles. The summed E-state index contributed by atoms with van der Waals surface area (Å²) in [5.74, 6) is 0.698. The van der Waals surface area contributed by atoms with Crippen LogP contribution in [0.25, 0.3) is 0 Å². The van der Waals surface area contributed by atoms with Crippen LogP contribution in [0.15, 0.2) is 10.9 Å². The SMILES string of the molecule is CCC(NCc1cscn1)C(C)C. The van der Waals surface area contributed by atoms with E-state index >= 15 is 0 Å². The summed E-state index contributed by atoms with van der Waals surface area (Å²) in [4.78, 5) is 4.24. The number of nitrogens with one attached hydrogen (secondary N) is 1. The lowest BCUT2D eigenvalue weighted by Gasteiger charge is -2.19. The normalized spacial score (nSPS) is 13.5. The van der Waals surface area contributed by atoms with Gasteiger partial charge in [0.25, 0.3) is 0 Å². The fourth-order valence-corrected chi connectivity index (χ4v) is 1.97. The van der Waals surface area contributed by atoms with Crippen LogP contribution in [-0.4, -0.2) is 11.0 Å². The van der Waals surface area contributed by atoms with Crippen molar-refractivity contribution in [2.75, 3.05) is 0 Å². The number of aromatic nitrogens is 1. The Bertz CT molecular complexity index is 219. The lowest BCUT2D eigenvalue weighted by Crippen LogP contribution is -2.32. The van der Waals surface area contributed by atoms with Gasteiger partial charge in [0.15, 0.2) is 0 Å². The summed E-state index contributed by atoms with van der Waals surface area (Å²) < 4.78 is 0. The van der Waals surface area contributed by atoms with E-state index in [0.29, 0.717) is 12.0 Å². The first-order valence-corrected chi connectivity index (χ1v) is 5.78. The summed E-state index contributed by atoms with van der Waals surface area (Å²) in [6.45, 7) is 7.63. The maximum atomic E-state index is 4.24. The lowest BCUT2D eigenvalue weighted by molar-refractivity contribution is 0.386. The molecular formula is C10H18N2S. The highest BCUT2D eigenvalue weighted by Crippen LogP contribution is 2.07. The maximum Gasteiger partial charge on any atom is 0.0795 e. The highest BCUT2D eigenvalue weighted by Gasteiger charge is 2.09. The summed E-state index contributed by atoms with van der Waals surface area (Å²) in [6.07, 6.45) is 1.18. The second kappa shape index (κ2) is 5.35. The van der Waals surface area contributed by atoms with Gasteiger partial charge in [0.2, 0.25) is 0 Å². The van der Waals surface area contributed by atoms with Gasteiger partial charge < -0.3 is 5.32 Å². The van der Waals surface area contributed by atoms with Gasteiger partial charge in [0.05, 0.1) is 11.2 Å². The third kappa shape index (κ3) is 3.44. The van der Waals surface area contributed by atoms with E-state index in [4.69, 9.17) is 0 Å². The third-order valence-electron chi connectivity index (χ3n) is 2.27. The molecule has 0 aliphatic heterocycles. The van der Waals surface area contributed by atoms with Crippen molar-refractivity contribution in [1.29, 1.82) is 0 Å². The van der Waals surface area contributed by atoms with Crippen LogP contribution in [0.1, 0.15) is 32.9 Å². The fraction of sp³-hybridized carbons (Fsp3) is 0.700. The summed E-state index contributed by atoms with van der Waals surface area (Å²) in [7, 11) is 0. The summed E-state index contributed by atoms with van der Waals surface area (Å²) >= 11 is 1.66. The van der Waals surface area contributed by atoms with E-state index in [2.05, 4.69) is 36.5 Å². The van der Waals surface area contributed by atoms with Gasteiger partial charge in [-0.2, -0.15) is 0 Å². The molecule has 0 saturated heterocycles. The van der Waals surface area contributed by atoms with Crippen molar-refractivity contribution in [3.63, 3.8) is 0 Å². The zero-order valence-corrected chi connectivity index (χ0v) is 9.40. The Labute approximate surface area is 84.4 Å². The molecule has 1 atom stereocenters. The Morgan fingerprint density at radius 1 is 1.54 bits per heavy atom. The van der Waals surface area contributed by atoms with Crippen molar-refractivity contribution in [3.05, 3.63) is 16.6 Å². The first kappa shape index (κ1) is 10.7. The fourth-order valence-electron chi connectivity index (χ4n) is 1.41. The van der Waals surface area contributed by atoms with Crippen molar-refractivity contribution in [1.82, 2.24) is 10.3 Å². The standard InChI is InChI=1S/C10H18N2S/c1-4-10(8(2)3)11-5-9-6-13-7-12-9/h6-8,10-11H,4-5H2,1-3H3. The average molecular weight is 198 g/mol. The van der Waals surface area contributed by atoms with Crippen molar-refractivity contribution in [3.8, 4) is 0 Å². The summed E-state index contributed by atoms with van der Waals surface area (Å²) in [5, 5.41) is 5.61. The van der Waals surface area contributed by atoms with Crippen LogP contribution < -0.4 is 5.32 Å². The van der Waals surface area contributed by atoms with Crippen molar-refractivity contribution in [2.45, 2.75) is 39.8 Å². The molecule has 1 unspecified atom stereocenters. The number of thiazole rings is 1. The van der Waals surface area contributed by atoms with Gasteiger partial charge in [0.1, 0.15) is 0 Å². The van der Waals surface area contributed by atoms with Crippen LogP contribution in [0.5, 0.6) is 0 Å². The van der Waals surface area contributed by atoms with Gasteiger partial charge >= 0.3 is 0 Å². The Balaban J connectivity index is 2.32. The quantitative estimate of drug-likeness (QED) is 0.787. The predicted molar refractivity (Wildman–Crippen MR) is 57.9 cm³/mol. The molecule has 13 heavy (non-hydrogen) atoms. The van der Waals surface area contributed by atoms with Crippen molar-refractivity contribution in [2.24, 2.45) is 5.92 Å². The second-order valence-corrected chi connectivity index (χ2v) is 4.34. The van der Waals surface area contributed by atoms with E-state index in [1.807, 2.05) is 5.51 Å². The lowest BCUT2D eigenvalue weighted by atomic mass is 10.0. The number of hydrogen-bond acceptors (Lipinski definition) is 3. The van der Waals surface area contributed by atoms with Gasteiger partial charge in [-0.3, -0.25) is 0 Å². The first-order chi connectivity index (χ1) is 6.24. The minimum Gasteiger partial charge on any atom is -0.308 e. The molecule has 0 aromatic carbocycles. The third-order valence-corrected chi connectivity index (χ3v) is 2.91. The van der Waals surface area contributed by atoms with E-state index in [0.717, 1.165) is 12.2 Å². The van der Waals surface area contributed by atoms with Gasteiger partial charge in [-0.1, -0.05) is 20.8 Å². The van der Waals surface area contributed by atoms with Crippen LogP contribution in [-0.2, 0) is 6.54 Å². The number of hydrogen-bond donors (Lipinski definition) is 1. The minimum absolute atomic E-state index is 0.613. The molecule has 1 aromatic heterocycles. The highest BCUT2D eigenvalue weighted by atomic mass is 32.1. The molecule has 1 N–H and O–H groups in total. The Kier molecular flexibility index (Phi) is 4.39. The van der Waals surface area contributed by atoms with Crippen LogP contribution in [0.4, 0.5) is 0 Å². The molecule has 74 valence electrons. The van der Waals surface area contributed by atoms with E-state index < -0.39 is 0 Å². The smallest absolute Gasteiger partial charge is 0.0795 e. The largest absolute Gasteiger partial charge is 0.308 e.